The largest absolute Gasteiger partial charge is 0.772 e. The summed E-state index contributed by atoms with van der Waals surface area (Å²) in [7, 11) is 0. The summed E-state index contributed by atoms with van der Waals surface area (Å²) in [5.74, 6) is 0.222. The van der Waals surface area contributed by atoms with Gasteiger partial charge in [0, 0.05) is 38.5 Å². The Labute approximate surface area is 64.9 Å². The maximum Gasteiger partial charge on any atom is 0.00731 e. The van der Waals surface area contributed by atoms with Crippen LogP contribution in [-0.4, -0.2) is 14.5 Å². The van der Waals surface area contributed by atoms with E-state index in [0.29, 0.717) is 0 Å². The molecule has 0 saturated carbocycles. The molecule has 2 nitrogen and oxygen atoms in total. The van der Waals surface area contributed by atoms with Crippen molar-refractivity contribution in [3.8, 4) is 0 Å². The van der Waals surface area contributed by atoms with Gasteiger partial charge in [-0.3, -0.25) is 4.21 Å². The fourth-order valence-corrected chi connectivity index (χ4v) is 0. The van der Waals surface area contributed by atoms with E-state index < -0.39 is 11.1 Å². The molecule has 4 heteroatoms. The Kier molecular flexibility index (Phi) is 10.6. The van der Waals surface area contributed by atoms with Crippen molar-refractivity contribution in [3.63, 3.8) is 0 Å². The molecule has 0 fully saturated rings. The van der Waals surface area contributed by atoms with Crippen LogP contribution < -0.4 is 0 Å². The van der Waals surface area contributed by atoms with Crippen LogP contribution in [0.5, 0.6) is 0 Å². The fraction of sp³-hybridized carbons (Fsp3) is 1.00. The Balaban J connectivity index is 0. The Morgan fingerprint density at radius 1 is 1.83 bits per heavy atom. The molecule has 0 aromatic heterocycles. The van der Waals surface area contributed by atoms with Gasteiger partial charge in [0.15, 0.2) is 0 Å². The third-order valence-electron chi connectivity index (χ3n) is 0.236. The molecule has 35 valence electrons. The third-order valence-corrected chi connectivity index (χ3v) is 0.707. The molecule has 0 aliphatic carbocycles. The van der Waals surface area contributed by atoms with Crippen LogP contribution in [0.25, 0.3) is 0 Å². The summed E-state index contributed by atoms with van der Waals surface area (Å²) in [6.45, 7) is 1.59. The number of rotatable bonds is 1. The summed E-state index contributed by atoms with van der Waals surface area (Å²) in [5.41, 5.74) is 0. The monoisotopic (exact) mass is 182 g/mol. The summed E-state index contributed by atoms with van der Waals surface area (Å²) in [4.78, 5) is 0. The Hall–Kier alpha value is 1.21. The topological polar surface area (TPSA) is 40.1 Å². The zero-order chi connectivity index (χ0) is 4.28. The van der Waals surface area contributed by atoms with Gasteiger partial charge in [-0.1, -0.05) is 18.0 Å². The Bertz CT molecular complexity index is 46.8. The van der Waals surface area contributed by atoms with Crippen molar-refractivity contribution in [2.75, 3.05) is 5.75 Å². The minimum atomic E-state index is -1.82. The Morgan fingerprint density at radius 2 is 2.00 bits per heavy atom. The molecule has 0 saturated heterocycles. The van der Waals surface area contributed by atoms with Gasteiger partial charge in [-0.05, 0) is 0 Å². The standard InChI is InChI=1S/C2H6O2S.Y/c1-2-5(3)4;/h2H2,1H3,(H,3,4);/p-1. The van der Waals surface area contributed by atoms with E-state index in [2.05, 4.69) is 0 Å². The zero-order valence-corrected chi connectivity index (χ0v) is 7.16. The van der Waals surface area contributed by atoms with Crippen molar-refractivity contribution in [1.82, 2.24) is 0 Å². The second kappa shape index (κ2) is 6.21. The first-order valence-corrected chi connectivity index (χ1v) is 2.57. The number of hydrogen-bond acceptors (Lipinski definition) is 2. The van der Waals surface area contributed by atoms with Crippen LogP contribution in [0.4, 0.5) is 0 Å². The summed E-state index contributed by atoms with van der Waals surface area (Å²) in [5, 5.41) is 0. The van der Waals surface area contributed by atoms with E-state index in [9.17, 15) is 8.76 Å². The van der Waals surface area contributed by atoms with Crippen molar-refractivity contribution >= 4 is 11.1 Å². The van der Waals surface area contributed by atoms with Crippen LogP contribution in [0.15, 0.2) is 0 Å². The van der Waals surface area contributed by atoms with Gasteiger partial charge >= 0.3 is 0 Å². The SMILES string of the molecule is CCS(=O)[O-].[Y]. The molecule has 0 bridgehead atoms. The van der Waals surface area contributed by atoms with Crippen molar-refractivity contribution in [2.24, 2.45) is 0 Å². The summed E-state index contributed by atoms with van der Waals surface area (Å²) >= 11 is -1.82. The van der Waals surface area contributed by atoms with Crippen molar-refractivity contribution < 1.29 is 41.5 Å². The summed E-state index contributed by atoms with van der Waals surface area (Å²) in [6.07, 6.45) is 0. The van der Waals surface area contributed by atoms with E-state index in [1.165, 1.54) is 0 Å². The average molecular weight is 182 g/mol. The molecule has 0 rings (SSSR count). The van der Waals surface area contributed by atoms with Crippen LogP contribution >= 0.6 is 0 Å². The van der Waals surface area contributed by atoms with Crippen LogP contribution in [0.3, 0.4) is 0 Å². The summed E-state index contributed by atoms with van der Waals surface area (Å²) < 4.78 is 18.7. The van der Waals surface area contributed by atoms with Gasteiger partial charge in [-0.2, -0.15) is 0 Å². The third kappa shape index (κ3) is 8.96. The molecule has 6 heavy (non-hydrogen) atoms. The second-order valence-corrected chi connectivity index (χ2v) is 1.78. The van der Waals surface area contributed by atoms with E-state index in [1.807, 2.05) is 0 Å². The van der Waals surface area contributed by atoms with Crippen molar-refractivity contribution in [3.05, 3.63) is 0 Å². The molecule has 0 aromatic rings. The predicted molar refractivity (Wildman–Crippen MR) is 19.5 cm³/mol. The molecule has 0 aliphatic heterocycles. The molecular weight excluding hydrogens is 177 g/mol. The first-order valence-electron chi connectivity index (χ1n) is 1.33. The zero-order valence-electron chi connectivity index (χ0n) is 3.51. The van der Waals surface area contributed by atoms with Gasteiger partial charge in [0.1, 0.15) is 0 Å². The molecule has 1 unspecified atom stereocenters. The van der Waals surface area contributed by atoms with E-state index >= 15 is 0 Å². The van der Waals surface area contributed by atoms with Gasteiger partial charge in [0.05, 0.1) is 0 Å². The maximum absolute atomic E-state index is 9.37. The summed E-state index contributed by atoms with van der Waals surface area (Å²) in [6, 6.07) is 0. The molecule has 0 aliphatic rings. The second-order valence-electron chi connectivity index (χ2n) is 0.592. The van der Waals surface area contributed by atoms with E-state index in [-0.39, 0.29) is 38.5 Å². The van der Waals surface area contributed by atoms with Crippen LogP contribution in [0.1, 0.15) is 6.92 Å². The molecule has 0 spiro atoms. The number of hydrogen-bond donors (Lipinski definition) is 0. The smallest absolute Gasteiger partial charge is 0.00731 e. The van der Waals surface area contributed by atoms with Crippen LogP contribution in [0.2, 0.25) is 0 Å². The van der Waals surface area contributed by atoms with Gasteiger partial charge in [0.25, 0.3) is 0 Å². The quantitative estimate of drug-likeness (QED) is 0.530. The van der Waals surface area contributed by atoms with E-state index in [1.54, 1.807) is 6.92 Å². The van der Waals surface area contributed by atoms with Crippen LogP contribution in [0, 0.1) is 0 Å². The molecular formula is C2H5O2SY-. The van der Waals surface area contributed by atoms with Gasteiger partial charge in [-0.15, -0.1) is 0 Å². The molecule has 0 heterocycles. The molecule has 0 aromatic carbocycles. The first kappa shape index (κ1) is 10.2. The van der Waals surface area contributed by atoms with Gasteiger partial charge < -0.3 is 4.55 Å². The maximum atomic E-state index is 9.37. The van der Waals surface area contributed by atoms with Gasteiger partial charge in [-0.25, -0.2) is 0 Å². The first-order chi connectivity index (χ1) is 2.27. The van der Waals surface area contributed by atoms with Crippen LogP contribution in [-0.2, 0) is 43.8 Å². The molecule has 1 atom stereocenters. The normalized spacial score (nSPS) is 12.3. The molecule has 1 radical (unpaired) electrons. The molecule has 0 amide bonds. The van der Waals surface area contributed by atoms with E-state index in [4.69, 9.17) is 0 Å². The van der Waals surface area contributed by atoms with E-state index in [0.717, 1.165) is 0 Å². The average Bonchev–Trinajstić information content (AvgIpc) is 1.38. The van der Waals surface area contributed by atoms with Gasteiger partial charge in [0.2, 0.25) is 0 Å². The minimum absolute atomic E-state index is 0. The van der Waals surface area contributed by atoms with Crippen molar-refractivity contribution in [2.45, 2.75) is 6.92 Å². The van der Waals surface area contributed by atoms with Crippen molar-refractivity contribution in [1.29, 1.82) is 0 Å². The fourth-order valence-electron chi connectivity index (χ4n) is 0. The Morgan fingerprint density at radius 3 is 2.00 bits per heavy atom. The molecule has 0 N–H and O–H groups in total. The minimum Gasteiger partial charge on any atom is -0.772 e. The predicted octanol–water partition coefficient (Wildman–Crippen LogP) is -0.117.